The predicted octanol–water partition coefficient (Wildman–Crippen LogP) is 3.62. The molecule has 1 aliphatic carbocycles. The first-order chi connectivity index (χ1) is 6.24. The van der Waals surface area contributed by atoms with Crippen LogP contribution in [0.1, 0.15) is 45.4 Å². The van der Waals surface area contributed by atoms with Gasteiger partial charge in [0.1, 0.15) is 0 Å². The zero-order valence-electron chi connectivity index (χ0n) is 8.30. The number of hydrogen-bond acceptors (Lipinski definition) is 1. The lowest BCUT2D eigenvalue weighted by Crippen LogP contribution is -2.08. The molecule has 1 fully saturated rings. The van der Waals surface area contributed by atoms with Crippen LogP contribution in [-0.4, -0.2) is 11.2 Å². The number of aliphatic hydroxyl groups is 1. The molecule has 13 heavy (non-hydrogen) atoms. The van der Waals surface area contributed by atoms with Crippen LogP contribution in [-0.2, 0) is 0 Å². The lowest BCUT2D eigenvalue weighted by Gasteiger charge is -2.19. The van der Waals surface area contributed by atoms with E-state index in [1.807, 2.05) is 6.92 Å². The molecule has 1 rings (SSSR count). The van der Waals surface area contributed by atoms with Gasteiger partial charge in [-0.3, -0.25) is 0 Å². The van der Waals surface area contributed by atoms with E-state index < -0.39 is 0 Å². The van der Waals surface area contributed by atoms with E-state index in [0.29, 0.717) is 5.92 Å². The molecule has 0 aliphatic heterocycles. The molecule has 0 aromatic heterocycles. The molecule has 0 unspecified atom stereocenters. The molecule has 1 aliphatic rings. The maximum atomic E-state index is 9.54. The van der Waals surface area contributed by atoms with Crippen molar-refractivity contribution in [2.24, 2.45) is 5.92 Å². The summed E-state index contributed by atoms with van der Waals surface area (Å²) < 4.78 is 0.988. The fourth-order valence-electron chi connectivity index (χ4n) is 1.83. The summed E-state index contributed by atoms with van der Waals surface area (Å²) in [4.78, 5) is 0. The van der Waals surface area contributed by atoms with E-state index in [1.54, 1.807) is 0 Å². The summed E-state index contributed by atoms with van der Waals surface area (Å²) >= 11 is 3.45. The minimum absolute atomic E-state index is 0.290. The number of aliphatic hydroxyl groups excluding tert-OH is 1. The topological polar surface area (TPSA) is 20.2 Å². The third kappa shape index (κ3) is 3.82. The van der Waals surface area contributed by atoms with E-state index in [4.69, 9.17) is 0 Å². The van der Waals surface area contributed by atoms with Gasteiger partial charge in [-0.05, 0) is 25.2 Å². The maximum Gasteiger partial charge on any atom is 0.0848 e. The first-order valence-electron chi connectivity index (χ1n) is 5.29. The molecule has 0 bridgehead atoms. The Kier molecular flexibility index (Phi) is 5.04. The highest BCUT2D eigenvalue weighted by molar-refractivity contribution is 9.11. The van der Waals surface area contributed by atoms with Crippen molar-refractivity contribution in [3.05, 3.63) is 10.6 Å². The van der Waals surface area contributed by atoms with Crippen LogP contribution in [0.5, 0.6) is 0 Å². The monoisotopic (exact) mass is 246 g/mol. The Bertz CT molecular complexity index is 171. The minimum Gasteiger partial charge on any atom is -0.388 e. The third-order valence-corrected chi connectivity index (χ3v) is 3.54. The van der Waals surface area contributed by atoms with Crippen molar-refractivity contribution in [1.82, 2.24) is 0 Å². The van der Waals surface area contributed by atoms with Crippen LogP contribution in [0.2, 0.25) is 0 Å². The molecule has 0 aromatic carbocycles. The van der Waals surface area contributed by atoms with Crippen LogP contribution in [0.3, 0.4) is 0 Å². The van der Waals surface area contributed by atoms with E-state index in [9.17, 15) is 5.11 Å². The Morgan fingerprint density at radius 3 is 2.62 bits per heavy atom. The molecule has 0 spiro atoms. The predicted molar refractivity (Wildman–Crippen MR) is 59.9 cm³/mol. The quantitative estimate of drug-likeness (QED) is 0.807. The van der Waals surface area contributed by atoms with E-state index in [1.165, 1.54) is 32.1 Å². The van der Waals surface area contributed by atoms with Crippen LogP contribution >= 0.6 is 15.9 Å². The second kappa shape index (κ2) is 5.82. The molecule has 2 heteroatoms. The Morgan fingerprint density at radius 1 is 1.46 bits per heavy atom. The van der Waals surface area contributed by atoms with Crippen molar-refractivity contribution < 1.29 is 5.11 Å². The van der Waals surface area contributed by atoms with Gasteiger partial charge in [0.15, 0.2) is 0 Å². The number of halogens is 1. The van der Waals surface area contributed by atoms with E-state index in [2.05, 4.69) is 22.0 Å². The van der Waals surface area contributed by atoms with E-state index >= 15 is 0 Å². The van der Waals surface area contributed by atoms with Crippen molar-refractivity contribution >= 4 is 15.9 Å². The van der Waals surface area contributed by atoms with Crippen molar-refractivity contribution in [2.75, 3.05) is 0 Å². The molecule has 0 amide bonds. The molecule has 0 radical (unpaired) electrons. The summed E-state index contributed by atoms with van der Waals surface area (Å²) in [5.41, 5.74) is 0. The molecule has 1 N–H and O–H groups in total. The smallest absolute Gasteiger partial charge is 0.0848 e. The summed E-state index contributed by atoms with van der Waals surface area (Å²) in [7, 11) is 0. The summed E-state index contributed by atoms with van der Waals surface area (Å²) in [6.45, 7) is 2.00. The molecule has 0 aromatic rings. The Balaban J connectivity index is 2.42. The normalized spacial score (nSPS) is 23.2. The van der Waals surface area contributed by atoms with Gasteiger partial charge >= 0.3 is 0 Å². The third-order valence-electron chi connectivity index (χ3n) is 2.75. The van der Waals surface area contributed by atoms with Gasteiger partial charge in [0, 0.05) is 4.48 Å². The van der Waals surface area contributed by atoms with Crippen LogP contribution in [0.25, 0.3) is 0 Å². The van der Waals surface area contributed by atoms with Crippen LogP contribution < -0.4 is 0 Å². The Morgan fingerprint density at radius 2 is 2.08 bits per heavy atom. The zero-order chi connectivity index (χ0) is 9.68. The molecule has 76 valence electrons. The van der Waals surface area contributed by atoms with Gasteiger partial charge in [0.05, 0.1) is 6.10 Å². The zero-order valence-corrected chi connectivity index (χ0v) is 9.89. The SMILES string of the molecule is CC[C@H](O)/C(Br)=C/C1CCCCC1. The van der Waals surface area contributed by atoms with Gasteiger partial charge in [-0.2, -0.15) is 0 Å². The van der Waals surface area contributed by atoms with Crippen LogP contribution in [0.15, 0.2) is 10.6 Å². The molecule has 1 saturated carbocycles. The highest BCUT2D eigenvalue weighted by Crippen LogP contribution is 2.28. The van der Waals surface area contributed by atoms with Gasteiger partial charge in [-0.15, -0.1) is 0 Å². The van der Waals surface area contributed by atoms with Crippen LogP contribution in [0, 0.1) is 5.92 Å². The number of allylic oxidation sites excluding steroid dienone is 1. The fourth-order valence-corrected chi connectivity index (χ4v) is 2.53. The van der Waals surface area contributed by atoms with Crippen molar-refractivity contribution in [1.29, 1.82) is 0 Å². The standard InChI is InChI=1S/C11H19BrO/c1-2-11(13)10(12)8-9-6-4-3-5-7-9/h8-9,11,13H,2-7H2,1H3/b10-8-/t11-/m0/s1. The number of rotatable bonds is 3. The molecular weight excluding hydrogens is 228 g/mol. The Labute approximate surface area is 89.4 Å². The van der Waals surface area contributed by atoms with Crippen molar-refractivity contribution in [2.45, 2.75) is 51.6 Å². The molecule has 0 saturated heterocycles. The van der Waals surface area contributed by atoms with Crippen molar-refractivity contribution in [3.63, 3.8) is 0 Å². The average molecular weight is 247 g/mol. The largest absolute Gasteiger partial charge is 0.388 e. The lowest BCUT2D eigenvalue weighted by atomic mass is 9.89. The highest BCUT2D eigenvalue weighted by atomic mass is 79.9. The van der Waals surface area contributed by atoms with Gasteiger partial charge in [-0.25, -0.2) is 0 Å². The van der Waals surface area contributed by atoms with Gasteiger partial charge in [-0.1, -0.05) is 48.2 Å². The summed E-state index contributed by atoms with van der Waals surface area (Å²) in [6, 6.07) is 0. The van der Waals surface area contributed by atoms with Crippen molar-refractivity contribution in [3.8, 4) is 0 Å². The fraction of sp³-hybridized carbons (Fsp3) is 0.818. The highest BCUT2D eigenvalue weighted by Gasteiger charge is 2.13. The summed E-state index contributed by atoms with van der Waals surface area (Å²) in [5, 5.41) is 9.54. The first-order valence-corrected chi connectivity index (χ1v) is 6.08. The Hall–Kier alpha value is 0.180. The van der Waals surface area contributed by atoms with Gasteiger partial charge in [0.25, 0.3) is 0 Å². The first kappa shape index (κ1) is 11.3. The summed E-state index contributed by atoms with van der Waals surface area (Å²) in [6.07, 6.45) is 9.40. The lowest BCUT2D eigenvalue weighted by molar-refractivity contribution is 0.215. The molecular formula is C11H19BrO. The van der Waals surface area contributed by atoms with Crippen LogP contribution in [0.4, 0.5) is 0 Å². The van der Waals surface area contributed by atoms with Gasteiger partial charge < -0.3 is 5.11 Å². The second-order valence-electron chi connectivity index (χ2n) is 3.87. The molecule has 1 atom stereocenters. The molecule has 0 heterocycles. The second-order valence-corrected chi connectivity index (χ2v) is 4.79. The maximum absolute atomic E-state index is 9.54. The van der Waals surface area contributed by atoms with E-state index in [0.717, 1.165) is 10.9 Å². The summed E-state index contributed by atoms with van der Waals surface area (Å²) in [5.74, 6) is 0.698. The number of hydrogen-bond donors (Lipinski definition) is 1. The average Bonchev–Trinajstić information content (AvgIpc) is 2.18. The minimum atomic E-state index is -0.290. The van der Waals surface area contributed by atoms with Gasteiger partial charge in [0.2, 0.25) is 0 Å². The molecule has 1 nitrogen and oxygen atoms in total. The van der Waals surface area contributed by atoms with E-state index in [-0.39, 0.29) is 6.10 Å².